The molecular weight excluding hydrogens is 259 g/mol. The molecule has 1 heteroatoms. The number of allylic oxidation sites excluding steroid dienone is 4. The summed E-state index contributed by atoms with van der Waals surface area (Å²) in [4.78, 5) is 0. The first-order valence-corrected chi connectivity index (χ1v) is 4.94. The van der Waals surface area contributed by atoms with Crippen LogP contribution in [0.4, 0.5) is 0 Å². The van der Waals surface area contributed by atoms with Crippen molar-refractivity contribution in [2.45, 2.75) is 5.92 Å². The van der Waals surface area contributed by atoms with E-state index in [0.717, 1.165) is 0 Å². The van der Waals surface area contributed by atoms with Crippen LogP contribution in [0.15, 0.2) is 60.7 Å². The zero-order valence-corrected chi connectivity index (χ0v) is 10.8. The van der Waals surface area contributed by atoms with Crippen LogP contribution in [0.1, 0.15) is 11.5 Å². The Morgan fingerprint density at radius 3 is 2.47 bits per heavy atom. The number of fused-ring (bicyclic) bond motifs is 1. The molecule has 2 aromatic rings. The van der Waals surface area contributed by atoms with Gasteiger partial charge in [-0.2, -0.15) is 6.07 Å². The van der Waals surface area contributed by atoms with Crippen molar-refractivity contribution in [3.63, 3.8) is 0 Å². The van der Waals surface area contributed by atoms with E-state index >= 15 is 0 Å². The molecule has 15 heavy (non-hydrogen) atoms. The SMILES string of the molecule is C1=CC(c2cc3ccccc3[cH-]2)C=C1.[Zr]. The van der Waals surface area contributed by atoms with Gasteiger partial charge in [0.15, 0.2) is 0 Å². The summed E-state index contributed by atoms with van der Waals surface area (Å²) in [6, 6.07) is 13.1. The summed E-state index contributed by atoms with van der Waals surface area (Å²) in [5, 5.41) is 2.69. The van der Waals surface area contributed by atoms with Crippen molar-refractivity contribution in [3.05, 3.63) is 66.3 Å². The third-order valence-corrected chi connectivity index (χ3v) is 2.77. The molecule has 0 saturated carbocycles. The average molecular weight is 270 g/mol. The summed E-state index contributed by atoms with van der Waals surface area (Å²) >= 11 is 0. The van der Waals surface area contributed by atoms with Crippen LogP contribution in [-0.2, 0) is 26.2 Å². The van der Waals surface area contributed by atoms with Crippen LogP contribution >= 0.6 is 0 Å². The van der Waals surface area contributed by atoms with Crippen molar-refractivity contribution in [3.8, 4) is 0 Å². The van der Waals surface area contributed by atoms with Crippen molar-refractivity contribution in [1.29, 1.82) is 0 Å². The van der Waals surface area contributed by atoms with Crippen LogP contribution in [0.25, 0.3) is 10.8 Å². The Morgan fingerprint density at radius 1 is 1.00 bits per heavy atom. The van der Waals surface area contributed by atoms with Gasteiger partial charge in [-0.1, -0.05) is 30.4 Å². The minimum atomic E-state index is 0. The molecule has 0 N–H and O–H groups in total. The largest absolute Gasteiger partial charge is 0.164 e. The van der Waals surface area contributed by atoms with Gasteiger partial charge in [0, 0.05) is 32.1 Å². The topological polar surface area (TPSA) is 0 Å². The molecule has 0 nitrogen and oxygen atoms in total. The van der Waals surface area contributed by atoms with E-state index in [-0.39, 0.29) is 26.2 Å². The van der Waals surface area contributed by atoms with Crippen molar-refractivity contribution < 1.29 is 26.2 Å². The second-order valence-electron chi connectivity index (χ2n) is 3.71. The first-order chi connectivity index (χ1) is 6.93. The summed E-state index contributed by atoms with van der Waals surface area (Å²) in [7, 11) is 0. The molecule has 0 heterocycles. The van der Waals surface area contributed by atoms with Gasteiger partial charge >= 0.3 is 0 Å². The summed E-state index contributed by atoms with van der Waals surface area (Å²) in [5.41, 5.74) is 1.40. The van der Waals surface area contributed by atoms with Gasteiger partial charge in [0.05, 0.1) is 0 Å². The van der Waals surface area contributed by atoms with Crippen molar-refractivity contribution in [2.75, 3.05) is 0 Å². The molecule has 0 radical (unpaired) electrons. The number of hydrogen-bond donors (Lipinski definition) is 0. The zero-order chi connectivity index (χ0) is 9.38. The third kappa shape index (κ3) is 1.94. The molecule has 0 atom stereocenters. The van der Waals surface area contributed by atoms with Gasteiger partial charge in [-0.25, -0.2) is 0 Å². The second kappa shape index (κ2) is 4.37. The van der Waals surface area contributed by atoms with Crippen LogP contribution in [-0.4, -0.2) is 0 Å². The predicted octanol–water partition coefficient (Wildman–Crippen LogP) is 3.77. The Labute approximate surface area is 109 Å². The monoisotopic (exact) mass is 269 g/mol. The minimum Gasteiger partial charge on any atom is -0.164 e. The van der Waals surface area contributed by atoms with Gasteiger partial charge in [-0.15, -0.1) is 40.6 Å². The number of rotatable bonds is 1. The van der Waals surface area contributed by atoms with Crippen molar-refractivity contribution in [2.24, 2.45) is 0 Å². The number of benzene rings is 1. The molecule has 0 aliphatic heterocycles. The molecule has 1 aliphatic rings. The molecule has 0 spiro atoms. The summed E-state index contributed by atoms with van der Waals surface area (Å²) in [6.45, 7) is 0. The van der Waals surface area contributed by atoms with Crippen LogP contribution in [0.3, 0.4) is 0 Å². The van der Waals surface area contributed by atoms with Gasteiger partial charge in [0.1, 0.15) is 0 Å². The first-order valence-electron chi connectivity index (χ1n) is 4.94. The Hall–Kier alpha value is -0.807. The fraction of sp³-hybridized carbons (Fsp3) is 0.0714. The molecule has 0 fully saturated rings. The number of hydrogen-bond acceptors (Lipinski definition) is 0. The van der Waals surface area contributed by atoms with E-state index in [1.807, 2.05) is 0 Å². The average Bonchev–Trinajstić information content (AvgIpc) is 2.86. The smallest absolute Gasteiger partial charge is 0.00281 e. The molecule has 0 bridgehead atoms. The quantitative estimate of drug-likeness (QED) is 0.692. The van der Waals surface area contributed by atoms with Gasteiger partial charge in [-0.3, -0.25) is 0 Å². The van der Waals surface area contributed by atoms with Crippen LogP contribution < -0.4 is 0 Å². The molecular formula is C14H11Zr-. The van der Waals surface area contributed by atoms with Gasteiger partial charge < -0.3 is 0 Å². The molecule has 0 unspecified atom stereocenters. The predicted molar refractivity (Wildman–Crippen MR) is 60.6 cm³/mol. The molecule has 0 amide bonds. The molecule has 72 valence electrons. The van der Waals surface area contributed by atoms with Crippen LogP contribution in [0.2, 0.25) is 0 Å². The molecule has 3 rings (SSSR count). The Bertz CT molecular complexity index is 472. The normalized spacial score (nSPS) is 14.7. The van der Waals surface area contributed by atoms with Gasteiger partial charge in [0.2, 0.25) is 0 Å². The fourth-order valence-corrected chi connectivity index (χ4v) is 2.02. The Morgan fingerprint density at radius 2 is 1.73 bits per heavy atom. The van der Waals surface area contributed by atoms with E-state index in [4.69, 9.17) is 0 Å². The molecule has 2 aromatic carbocycles. The van der Waals surface area contributed by atoms with Crippen LogP contribution in [0.5, 0.6) is 0 Å². The van der Waals surface area contributed by atoms with E-state index in [1.165, 1.54) is 16.3 Å². The molecule has 0 aromatic heterocycles. The standard InChI is InChI=1S/C14H11.Zr/c1-2-6-11(5-1)14-9-12-7-3-4-8-13(12)10-14;/h1-11H;/q-1;. The van der Waals surface area contributed by atoms with Crippen molar-refractivity contribution in [1.82, 2.24) is 0 Å². The van der Waals surface area contributed by atoms with Crippen LogP contribution in [0, 0.1) is 0 Å². The first kappa shape index (κ1) is 10.7. The zero-order valence-electron chi connectivity index (χ0n) is 8.35. The van der Waals surface area contributed by atoms with E-state index in [0.29, 0.717) is 5.92 Å². The maximum absolute atomic E-state index is 2.28. The minimum absolute atomic E-state index is 0. The molecule has 1 aliphatic carbocycles. The van der Waals surface area contributed by atoms with Gasteiger partial charge in [0.25, 0.3) is 0 Å². The fourth-order valence-electron chi connectivity index (χ4n) is 2.02. The Balaban J connectivity index is 0.000000853. The second-order valence-corrected chi connectivity index (χ2v) is 3.71. The van der Waals surface area contributed by atoms with Gasteiger partial charge in [-0.05, 0) is 0 Å². The van der Waals surface area contributed by atoms with E-state index in [9.17, 15) is 0 Å². The van der Waals surface area contributed by atoms with Crippen molar-refractivity contribution >= 4 is 10.8 Å². The Kier molecular flexibility index (Phi) is 3.12. The maximum Gasteiger partial charge on any atom is 0.00281 e. The van der Waals surface area contributed by atoms with E-state index in [2.05, 4.69) is 60.7 Å². The third-order valence-electron chi connectivity index (χ3n) is 2.77. The molecule has 0 saturated heterocycles. The van der Waals surface area contributed by atoms with E-state index in [1.54, 1.807) is 0 Å². The summed E-state index contributed by atoms with van der Waals surface area (Å²) < 4.78 is 0. The summed E-state index contributed by atoms with van der Waals surface area (Å²) in [6.07, 6.45) is 8.69. The van der Waals surface area contributed by atoms with E-state index < -0.39 is 0 Å². The summed E-state index contributed by atoms with van der Waals surface area (Å²) in [5.74, 6) is 0.488. The maximum atomic E-state index is 2.28.